The molecule has 0 atom stereocenters. The van der Waals surface area contributed by atoms with Crippen LogP contribution in [-0.2, 0) is 141 Å². The van der Waals surface area contributed by atoms with E-state index in [4.69, 9.17) is 0 Å². The molecule has 0 bridgehead atoms. The van der Waals surface area contributed by atoms with Crippen LogP contribution in [-0.4, -0.2) is 129 Å². The van der Waals surface area contributed by atoms with Crippen LogP contribution in [0.3, 0.4) is 0 Å². The quantitative estimate of drug-likeness (QED) is 0.0170. The first-order valence-electron chi connectivity index (χ1n) is 33.7. The van der Waals surface area contributed by atoms with Gasteiger partial charge in [-0.05, 0) is 247 Å². The zero-order valence-corrected chi connectivity index (χ0v) is 56.8. The molecule has 0 fully saturated rings. The third-order valence-corrected chi connectivity index (χ3v) is 18.6. The molecule has 8 aromatic rings. The average Bonchev–Trinajstić information content (AvgIpc) is 0.800. The fraction of sp³-hybridized carbons (Fsp3) is 0.300. The van der Waals surface area contributed by atoms with E-state index in [0.29, 0.717) is 100 Å². The van der Waals surface area contributed by atoms with Gasteiger partial charge < -0.3 is 81.7 Å². The van der Waals surface area contributed by atoms with E-state index in [2.05, 4.69) is 0 Å². The molecule has 0 aliphatic rings. The number of rotatable bonds is 39. The largest absolute Gasteiger partial charge is 0.508 e. The molecule has 0 spiro atoms. The molecule has 0 aliphatic heterocycles. The van der Waals surface area contributed by atoms with Crippen molar-refractivity contribution in [3.05, 3.63) is 232 Å². The van der Waals surface area contributed by atoms with E-state index in [0.717, 1.165) is 0 Å². The molecule has 16 N–H and O–H groups in total. The molecule has 0 saturated heterocycles. The van der Waals surface area contributed by atoms with Crippen LogP contribution in [0.2, 0.25) is 0 Å². The van der Waals surface area contributed by atoms with Gasteiger partial charge in [0.05, 0.1) is 0 Å². The second-order valence-corrected chi connectivity index (χ2v) is 26.1. The average molecular weight is 1430 g/mol. The number of phenols is 8. The van der Waals surface area contributed by atoms with Crippen molar-refractivity contribution in [2.24, 2.45) is 0 Å². The van der Waals surface area contributed by atoms with Crippen LogP contribution in [0.4, 0.5) is 0 Å². The van der Waals surface area contributed by atoms with Gasteiger partial charge >= 0.3 is 47.8 Å². The number of benzene rings is 8. The van der Waals surface area contributed by atoms with Crippen molar-refractivity contribution < 1.29 is 120 Å². The number of hydrogen-bond donors (Lipinski definition) is 16. The molecule has 0 saturated carbocycles. The molecular formula is C80H82O24. The first kappa shape index (κ1) is 77.7. The Morgan fingerprint density at radius 3 is 0.519 bits per heavy atom. The number of carboxylic acid groups (broad SMARTS) is 8. The highest BCUT2D eigenvalue weighted by atomic mass is 16.4. The third kappa shape index (κ3) is 22.2. The molecule has 0 aromatic heterocycles. The lowest BCUT2D eigenvalue weighted by Gasteiger charge is -2.19. The Bertz CT molecular complexity index is 4310. The molecule has 8 rings (SSSR count). The van der Waals surface area contributed by atoms with Gasteiger partial charge in [-0.1, -0.05) is 48.5 Å². The van der Waals surface area contributed by atoms with Gasteiger partial charge in [0.15, 0.2) is 0 Å². The van der Waals surface area contributed by atoms with Crippen LogP contribution in [0, 0.1) is 0 Å². The summed E-state index contributed by atoms with van der Waals surface area (Å²) in [5, 5.41) is 168. The van der Waals surface area contributed by atoms with Crippen molar-refractivity contribution in [3.63, 3.8) is 0 Å². The lowest BCUT2D eigenvalue weighted by molar-refractivity contribution is -0.138. The first-order valence-corrected chi connectivity index (χ1v) is 33.7. The summed E-state index contributed by atoms with van der Waals surface area (Å²) in [6, 6.07) is 27.2. The lowest BCUT2D eigenvalue weighted by Crippen LogP contribution is -2.08. The molecule has 0 amide bonds. The monoisotopic (exact) mass is 1430 g/mol. The number of aryl methyl sites for hydroxylation is 10. The fourth-order valence-electron chi connectivity index (χ4n) is 13.2. The summed E-state index contributed by atoms with van der Waals surface area (Å²) in [5.74, 6) is -10.5. The maximum atomic E-state index is 12.1. The minimum atomic E-state index is -1.14. The summed E-state index contributed by atoms with van der Waals surface area (Å²) >= 11 is 0. The Hall–Kier alpha value is -12.1. The van der Waals surface area contributed by atoms with E-state index in [1.807, 2.05) is 0 Å². The van der Waals surface area contributed by atoms with Crippen LogP contribution >= 0.6 is 0 Å². The fourth-order valence-corrected chi connectivity index (χ4v) is 13.2. The molecule has 24 heteroatoms. The minimum absolute atomic E-state index is 0.00765. The number of carboxylic acids is 8. The first-order chi connectivity index (χ1) is 49.3. The smallest absolute Gasteiger partial charge is 0.303 e. The molecular weight excluding hydrogens is 1340 g/mol. The maximum Gasteiger partial charge on any atom is 0.303 e. The van der Waals surface area contributed by atoms with Crippen LogP contribution < -0.4 is 0 Å². The van der Waals surface area contributed by atoms with E-state index in [9.17, 15) is 120 Å². The predicted octanol–water partition coefficient (Wildman–Crippen LogP) is 10.8. The Morgan fingerprint density at radius 1 is 0.173 bits per heavy atom. The predicted molar refractivity (Wildman–Crippen MR) is 377 cm³/mol. The van der Waals surface area contributed by atoms with E-state index in [1.165, 1.54) is 60.7 Å². The Kier molecular flexibility index (Phi) is 26.5. The van der Waals surface area contributed by atoms with Crippen molar-refractivity contribution in [2.45, 2.75) is 154 Å². The van der Waals surface area contributed by atoms with E-state index in [-0.39, 0.29) is 222 Å². The molecule has 104 heavy (non-hydrogen) atoms. The van der Waals surface area contributed by atoms with Crippen molar-refractivity contribution in [3.8, 4) is 46.0 Å². The zero-order chi connectivity index (χ0) is 75.6. The van der Waals surface area contributed by atoms with Gasteiger partial charge in [0.1, 0.15) is 46.0 Å². The number of aliphatic carboxylic acids is 8. The summed E-state index contributed by atoms with van der Waals surface area (Å²) in [7, 11) is 0. The Balaban J connectivity index is 1.07. The molecule has 0 heterocycles. The number of hydrogen-bond acceptors (Lipinski definition) is 16. The third-order valence-electron chi connectivity index (χ3n) is 18.6. The molecule has 0 unspecified atom stereocenters. The van der Waals surface area contributed by atoms with Gasteiger partial charge in [0.25, 0.3) is 0 Å². The summed E-state index contributed by atoms with van der Waals surface area (Å²) in [6.07, 6.45) is -2.35. The van der Waals surface area contributed by atoms with Crippen LogP contribution in [0.25, 0.3) is 0 Å². The van der Waals surface area contributed by atoms with Gasteiger partial charge in [0, 0.05) is 89.9 Å². The van der Waals surface area contributed by atoms with Crippen LogP contribution in [0.1, 0.15) is 174 Å². The summed E-state index contributed by atoms with van der Waals surface area (Å²) in [5.41, 5.74) is 9.62. The second-order valence-electron chi connectivity index (χ2n) is 26.1. The van der Waals surface area contributed by atoms with E-state index >= 15 is 0 Å². The van der Waals surface area contributed by atoms with Crippen molar-refractivity contribution in [2.75, 3.05) is 0 Å². The van der Waals surface area contributed by atoms with Crippen LogP contribution in [0.5, 0.6) is 46.0 Å². The highest BCUT2D eigenvalue weighted by molar-refractivity contribution is 5.71. The Labute approximate surface area is 597 Å². The molecule has 0 radical (unpaired) electrons. The number of carbonyl (C=O) groups is 8. The van der Waals surface area contributed by atoms with Gasteiger partial charge in [-0.3, -0.25) is 38.4 Å². The number of phenolic OH excluding ortho intramolecular Hbond substituents is 8. The number of aromatic hydroxyl groups is 8. The van der Waals surface area contributed by atoms with Crippen molar-refractivity contribution in [1.82, 2.24) is 0 Å². The van der Waals surface area contributed by atoms with Gasteiger partial charge in [-0.2, -0.15) is 0 Å². The normalized spacial score (nSPS) is 11.2. The highest BCUT2D eigenvalue weighted by Gasteiger charge is 2.24. The summed E-state index contributed by atoms with van der Waals surface area (Å²) in [4.78, 5) is 95.0. The SMILES string of the molecule is O=C(O)CCc1cc(Cc2cc(O)c(Cc3cc(O)c(Cc4cc(O)ccc4CCC(=O)O)cc3CCC(=O)O)cc2CCC(=O)O)c(O)cc1CCc1cc(O)c(Cc2cc(O)c(Cc3cc(O)c(Cc4cc(O)ccc4CCC(=O)O)cc3CCC(=O)O)cc2CCC(=O)O)cc1CCC(=O)O. The van der Waals surface area contributed by atoms with Crippen molar-refractivity contribution in [1.29, 1.82) is 0 Å². The topological polar surface area (TPSA) is 460 Å². The molecule has 546 valence electrons. The highest BCUT2D eigenvalue weighted by Crippen LogP contribution is 2.39. The lowest BCUT2D eigenvalue weighted by atomic mass is 9.87. The maximum absolute atomic E-state index is 12.1. The molecule has 8 aromatic carbocycles. The summed E-state index contributed by atoms with van der Waals surface area (Å²) < 4.78 is 0. The zero-order valence-electron chi connectivity index (χ0n) is 56.8. The summed E-state index contributed by atoms with van der Waals surface area (Å²) in [6.45, 7) is 0. The second kappa shape index (κ2) is 35.5. The molecule has 24 nitrogen and oxygen atoms in total. The van der Waals surface area contributed by atoms with Crippen LogP contribution in [0.15, 0.2) is 109 Å². The molecule has 0 aliphatic carbocycles. The minimum Gasteiger partial charge on any atom is -0.508 e. The van der Waals surface area contributed by atoms with Gasteiger partial charge in [-0.25, -0.2) is 0 Å². The van der Waals surface area contributed by atoms with Crippen molar-refractivity contribution >= 4 is 47.8 Å². The Morgan fingerprint density at radius 2 is 0.327 bits per heavy atom. The van der Waals surface area contributed by atoms with Gasteiger partial charge in [0.2, 0.25) is 0 Å². The standard InChI is InChI=1S/C80H82O24/c81-65-13-3-43(5-15-73(89)90)53(35-65)29-61-25-47(9-19-77(97)98)57(39-69(61)85)33-63-27-49(11-21-79(101)102)55(41-71(63)87)31-59-23-45(7-17-75(93)94)51(37-67(59)83)1-2-52-38-68(84)60(24-46(52)8-18-76(95)96)32-56-42-72(88)64(28-50(56)12-22-80(103)104)34-58-40-70(86)62(26-48(58)10-20-78(99)100)30-54-36-66(82)14-4-44(54)6-16-74(91)92/h3-4,13-14,23-28,35-42,81-88H,1-2,5-12,15-22,29-34H2,(H,89,90)(H,91,92)(H,93,94)(H,95,96)(H,97,98)(H,99,100)(H,101,102)(H,103,104). The van der Waals surface area contributed by atoms with E-state index in [1.54, 1.807) is 48.5 Å². The van der Waals surface area contributed by atoms with Gasteiger partial charge in [-0.15, -0.1) is 0 Å². The van der Waals surface area contributed by atoms with E-state index < -0.39 is 47.8 Å².